The molecule has 1 aliphatic carbocycles. The molecular formula is C8H14O3S. The summed E-state index contributed by atoms with van der Waals surface area (Å²) in [5.74, 6) is 0.319. The van der Waals surface area contributed by atoms with Gasteiger partial charge in [0.2, 0.25) is 0 Å². The highest BCUT2D eigenvalue weighted by molar-refractivity contribution is 7.85. The Morgan fingerprint density at radius 2 is 2.25 bits per heavy atom. The molecule has 0 bridgehead atoms. The van der Waals surface area contributed by atoms with Crippen LogP contribution < -0.4 is 0 Å². The maximum Gasteiger partial charge on any atom is 0.307 e. The highest BCUT2D eigenvalue weighted by Gasteiger charge is 2.25. The van der Waals surface area contributed by atoms with Crippen LogP contribution in [0.25, 0.3) is 0 Å². The van der Waals surface area contributed by atoms with E-state index in [1.165, 1.54) is 12.8 Å². The predicted molar refractivity (Wildman–Crippen MR) is 47.4 cm³/mol. The third-order valence-electron chi connectivity index (χ3n) is 1.98. The lowest BCUT2D eigenvalue weighted by atomic mass is 10.2. The zero-order valence-electron chi connectivity index (χ0n) is 7.16. The van der Waals surface area contributed by atoms with Gasteiger partial charge in [-0.1, -0.05) is 6.92 Å². The molecule has 3 nitrogen and oxygen atoms in total. The Labute approximate surface area is 74.6 Å². The van der Waals surface area contributed by atoms with Gasteiger partial charge in [0.05, 0.1) is 5.92 Å². The summed E-state index contributed by atoms with van der Waals surface area (Å²) in [6.45, 7) is 1.60. The Balaban J connectivity index is 2.19. The smallest absolute Gasteiger partial charge is 0.307 e. The average Bonchev–Trinajstić information content (AvgIpc) is 2.71. The standard InChI is InChI=1S/C8H14O3S/c1-6(8(9)10)4-12(11)5-7-2-3-7/h6-7H,2-5H2,1H3,(H,9,10). The van der Waals surface area contributed by atoms with E-state index in [-0.39, 0.29) is 0 Å². The molecule has 0 amide bonds. The molecule has 4 heteroatoms. The molecular weight excluding hydrogens is 176 g/mol. The van der Waals surface area contributed by atoms with Crippen molar-refractivity contribution in [2.24, 2.45) is 11.8 Å². The molecule has 12 heavy (non-hydrogen) atoms. The molecule has 1 fully saturated rings. The first-order valence-electron chi connectivity index (χ1n) is 4.17. The summed E-state index contributed by atoms with van der Waals surface area (Å²) in [6, 6.07) is 0. The third kappa shape index (κ3) is 3.34. The van der Waals surface area contributed by atoms with Crippen LogP contribution in [0.15, 0.2) is 0 Å². The van der Waals surface area contributed by atoms with Crippen LogP contribution in [-0.2, 0) is 15.6 Å². The van der Waals surface area contributed by atoms with Gasteiger partial charge in [0.15, 0.2) is 0 Å². The van der Waals surface area contributed by atoms with Crippen molar-refractivity contribution in [3.05, 3.63) is 0 Å². The van der Waals surface area contributed by atoms with E-state index >= 15 is 0 Å². The molecule has 1 N–H and O–H groups in total. The van der Waals surface area contributed by atoms with E-state index in [2.05, 4.69) is 0 Å². The van der Waals surface area contributed by atoms with E-state index in [0.717, 1.165) is 0 Å². The van der Waals surface area contributed by atoms with Crippen molar-refractivity contribution in [2.45, 2.75) is 19.8 Å². The topological polar surface area (TPSA) is 54.4 Å². The van der Waals surface area contributed by atoms with Crippen LogP contribution in [0.2, 0.25) is 0 Å². The predicted octanol–water partition coefficient (Wildman–Crippen LogP) is 0.866. The number of rotatable bonds is 5. The zero-order chi connectivity index (χ0) is 9.14. The molecule has 1 rings (SSSR count). The van der Waals surface area contributed by atoms with Crippen molar-refractivity contribution in [1.29, 1.82) is 0 Å². The molecule has 0 radical (unpaired) electrons. The third-order valence-corrected chi connectivity index (χ3v) is 3.69. The van der Waals surface area contributed by atoms with Crippen molar-refractivity contribution in [3.63, 3.8) is 0 Å². The first-order chi connectivity index (χ1) is 5.59. The van der Waals surface area contributed by atoms with Crippen LogP contribution in [0.1, 0.15) is 19.8 Å². The lowest BCUT2D eigenvalue weighted by Crippen LogP contribution is -2.19. The Morgan fingerprint density at radius 3 is 2.67 bits per heavy atom. The molecule has 2 unspecified atom stereocenters. The average molecular weight is 190 g/mol. The van der Waals surface area contributed by atoms with E-state index in [0.29, 0.717) is 17.4 Å². The first-order valence-corrected chi connectivity index (χ1v) is 5.66. The number of carboxylic acid groups (broad SMARTS) is 1. The minimum Gasteiger partial charge on any atom is -0.481 e. The number of hydrogen-bond acceptors (Lipinski definition) is 2. The summed E-state index contributed by atoms with van der Waals surface area (Å²) < 4.78 is 11.3. The molecule has 0 saturated heterocycles. The van der Waals surface area contributed by atoms with Gasteiger partial charge in [0, 0.05) is 22.3 Å². The van der Waals surface area contributed by atoms with Crippen molar-refractivity contribution in [2.75, 3.05) is 11.5 Å². The lowest BCUT2D eigenvalue weighted by Gasteiger charge is -2.04. The van der Waals surface area contributed by atoms with Gasteiger partial charge in [0.25, 0.3) is 0 Å². The zero-order valence-corrected chi connectivity index (χ0v) is 7.97. The van der Waals surface area contributed by atoms with Gasteiger partial charge >= 0.3 is 5.97 Å². The summed E-state index contributed by atoms with van der Waals surface area (Å²) in [4.78, 5) is 10.4. The van der Waals surface area contributed by atoms with Gasteiger partial charge in [-0.2, -0.15) is 0 Å². The van der Waals surface area contributed by atoms with Crippen molar-refractivity contribution in [3.8, 4) is 0 Å². The van der Waals surface area contributed by atoms with Crippen LogP contribution in [0.5, 0.6) is 0 Å². The highest BCUT2D eigenvalue weighted by Crippen LogP contribution is 2.29. The molecule has 0 spiro atoms. The van der Waals surface area contributed by atoms with E-state index < -0.39 is 22.7 Å². The first kappa shape index (κ1) is 9.71. The molecule has 2 atom stereocenters. The number of carbonyl (C=O) groups is 1. The highest BCUT2D eigenvalue weighted by atomic mass is 32.2. The summed E-state index contributed by atoms with van der Waals surface area (Å²) in [7, 11) is -0.919. The normalized spacial score (nSPS) is 21.8. The van der Waals surface area contributed by atoms with Gasteiger partial charge in [-0.15, -0.1) is 0 Å². The number of carboxylic acids is 1. The molecule has 1 saturated carbocycles. The molecule has 0 aromatic heterocycles. The fourth-order valence-corrected chi connectivity index (χ4v) is 2.66. The molecule has 0 heterocycles. The second-order valence-electron chi connectivity index (χ2n) is 3.46. The van der Waals surface area contributed by atoms with Gasteiger partial charge in [-0.25, -0.2) is 0 Å². The van der Waals surface area contributed by atoms with Crippen LogP contribution in [0.3, 0.4) is 0 Å². The van der Waals surface area contributed by atoms with Gasteiger partial charge in [-0.05, 0) is 18.8 Å². The van der Waals surface area contributed by atoms with Gasteiger partial charge in [-0.3, -0.25) is 9.00 Å². The Morgan fingerprint density at radius 1 is 1.67 bits per heavy atom. The Kier molecular flexibility index (Phi) is 3.26. The monoisotopic (exact) mass is 190 g/mol. The van der Waals surface area contributed by atoms with E-state index in [9.17, 15) is 9.00 Å². The number of aliphatic carboxylic acids is 1. The van der Waals surface area contributed by atoms with Crippen LogP contribution in [0, 0.1) is 11.8 Å². The maximum absolute atomic E-state index is 11.3. The fourth-order valence-electron chi connectivity index (χ4n) is 0.966. The van der Waals surface area contributed by atoms with E-state index in [1.807, 2.05) is 0 Å². The van der Waals surface area contributed by atoms with E-state index in [1.54, 1.807) is 6.92 Å². The van der Waals surface area contributed by atoms with Crippen molar-refractivity contribution < 1.29 is 14.1 Å². The maximum atomic E-state index is 11.3. The van der Waals surface area contributed by atoms with Crippen LogP contribution in [0.4, 0.5) is 0 Å². The minimum atomic E-state index is -0.919. The fraction of sp³-hybridized carbons (Fsp3) is 0.875. The second-order valence-corrected chi connectivity index (χ2v) is 5.00. The SMILES string of the molecule is CC(CS(=O)CC1CC1)C(=O)O. The van der Waals surface area contributed by atoms with Gasteiger partial charge in [0.1, 0.15) is 0 Å². The molecule has 70 valence electrons. The lowest BCUT2D eigenvalue weighted by molar-refractivity contribution is -0.140. The second kappa shape index (κ2) is 4.03. The number of hydrogen-bond donors (Lipinski definition) is 1. The summed E-state index contributed by atoms with van der Waals surface area (Å²) >= 11 is 0. The quantitative estimate of drug-likeness (QED) is 0.699. The van der Waals surface area contributed by atoms with E-state index in [4.69, 9.17) is 5.11 Å². The van der Waals surface area contributed by atoms with Crippen molar-refractivity contribution in [1.82, 2.24) is 0 Å². The Hall–Kier alpha value is -0.380. The molecule has 0 aromatic carbocycles. The minimum absolute atomic E-state index is 0.311. The summed E-state index contributed by atoms with van der Waals surface area (Å²) in [6.07, 6.45) is 2.35. The van der Waals surface area contributed by atoms with Gasteiger partial charge < -0.3 is 5.11 Å². The van der Waals surface area contributed by atoms with Crippen LogP contribution >= 0.6 is 0 Å². The molecule has 0 aliphatic heterocycles. The molecule has 0 aromatic rings. The summed E-state index contributed by atoms with van der Waals surface area (Å²) in [5, 5.41) is 8.55. The molecule has 1 aliphatic rings. The Bertz CT molecular complexity index is 198. The van der Waals surface area contributed by atoms with Crippen LogP contribution in [-0.4, -0.2) is 26.8 Å². The van der Waals surface area contributed by atoms with Crippen molar-refractivity contribution >= 4 is 16.8 Å². The summed E-state index contributed by atoms with van der Waals surface area (Å²) in [5.41, 5.74) is 0. The largest absolute Gasteiger partial charge is 0.481 e.